The van der Waals surface area contributed by atoms with Crippen LogP contribution in [0.25, 0.3) is 0 Å². The van der Waals surface area contributed by atoms with Gasteiger partial charge in [0.05, 0.1) is 18.3 Å². The van der Waals surface area contributed by atoms with E-state index in [1.165, 1.54) is 0 Å². The predicted molar refractivity (Wildman–Crippen MR) is 67.9 cm³/mol. The molecule has 0 aromatic carbocycles. The molecule has 0 aliphatic carbocycles. The molecular weight excluding hydrogens is 230 g/mol. The van der Waals surface area contributed by atoms with E-state index in [2.05, 4.69) is 15.4 Å². The minimum Gasteiger partial charge on any atom is -0.383 e. The first-order valence-electron chi connectivity index (χ1n) is 5.64. The van der Waals surface area contributed by atoms with Crippen molar-refractivity contribution in [3.63, 3.8) is 0 Å². The van der Waals surface area contributed by atoms with Crippen LogP contribution in [0.5, 0.6) is 0 Å². The van der Waals surface area contributed by atoms with Crippen molar-refractivity contribution in [2.45, 2.75) is 13.5 Å². The smallest absolute Gasteiger partial charge is 0.255 e. The summed E-state index contributed by atoms with van der Waals surface area (Å²) in [6.07, 6.45) is 5.25. The van der Waals surface area contributed by atoms with Gasteiger partial charge in [0, 0.05) is 18.9 Å². The summed E-state index contributed by atoms with van der Waals surface area (Å²) in [7, 11) is 0. The lowest BCUT2D eigenvalue weighted by molar-refractivity contribution is 0.0952. The van der Waals surface area contributed by atoms with Crippen LogP contribution in [-0.2, 0) is 6.54 Å². The molecule has 0 saturated carbocycles. The van der Waals surface area contributed by atoms with E-state index >= 15 is 0 Å². The standard InChI is InChI=1S/C12H15N5O/c1-9-7-16-17(8-9)6-5-15-12(18)10-3-2-4-14-11(10)13/h2-4,7-8H,5-6H2,1H3,(H2,13,14)(H,15,18). The normalized spacial score (nSPS) is 10.3. The van der Waals surface area contributed by atoms with Gasteiger partial charge < -0.3 is 11.1 Å². The first-order chi connectivity index (χ1) is 8.66. The molecule has 2 aromatic heterocycles. The molecule has 0 spiro atoms. The molecule has 2 heterocycles. The van der Waals surface area contributed by atoms with Gasteiger partial charge in [-0.05, 0) is 24.6 Å². The van der Waals surface area contributed by atoms with Gasteiger partial charge in [0.1, 0.15) is 5.82 Å². The second kappa shape index (κ2) is 5.31. The summed E-state index contributed by atoms with van der Waals surface area (Å²) in [6, 6.07) is 3.33. The summed E-state index contributed by atoms with van der Waals surface area (Å²) in [4.78, 5) is 15.7. The first kappa shape index (κ1) is 12.1. The summed E-state index contributed by atoms with van der Waals surface area (Å²) in [5.74, 6) is 0.0226. The number of nitrogen functional groups attached to an aromatic ring is 1. The quantitative estimate of drug-likeness (QED) is 0.825. The number of rotatable bonds is 4. The molecular formula is C12H15N5O. The summed E-state index contributed by atoms with van der Waals surface area (Å²) in [5, 5.41) is 6.91. The Hall–Kier alpha value is -2.37. The van der Waals surface area contributed by atoms with Gasteiger partial charge in [-0.25, -0.2) is 4.98 Å². The molecule has 18 heavy (non-hydrogen) atoms. The number of hydrogen-bond donors (Lipinski definition) is 2. The Kier molecular flexibility index (Phi) is 3.57. The zero-order valence-electron chi connectivity index (χ0n) is 10.1. The molecule has 0 aliphatic rings. The number of nitrogens with one attached hydrogen (secondary N) is 1. The number of anilines is 1. The van der Waals surface area contributed by atoms with E-state index in [4.69, 9.17) is 5.73 Å². The van der Waals surface area contributed by atoms with Crippen LogP contribution in [0.3, 0.4) is 0 Å². The van der Waals surface area contributed by atoms with Crippen LogP contribution >= 0.6 is 0 Å². The van der Waals surface area contributed by atoms with E-state index < -0.39 is 0 Å². The monoisotopic (exact) mass is 245 g/mol. The fourth-order valence-corrected chi connectivity index (χ4v) is 1.58. The first-order valence-corrected chi connectivity index (χ1v) is 5.64. The Bertz CT molecular complexity index is 549. The number of carbonyl (C=O) groups is 1. The number of nitrogens with zero attached hydrogens (tertiary/aromatic N) is 3. The molecule has 0 bridgehead atoms. The van der Waals surface area contributed by atoms with E-state index in [0.29, 0.717) is 18.7 Å². The SMILES string of the molecule is Cc1cnn(CCNC(=O)c2cccnc2N)c1. The maximum absolute atomic E-state index is 11.8. The molecule has 0 unspecified atom stereocenters. The molecule has 3 N–H and O–H groups in total. The molecule has 0 radical (unpaired) electrons. The van der Waals surface area contributed by atoms with Crippen LogP contribution in [0, 0.1) is 6.92 Å². The highest BCUT2D eigenvalue weighted by Gasteiger charge is 2.08. The molecule has 0 atom stereocenters. The second-order valence-corrected chi connectivity index (χ2v) is 3.97. The number of pyridine rings is 1. The van der Waals surface area contributed by atoms with Gasteiger partial charge in [-0.1, -0.05) is 0 Å². The van der Waals surface area contributed by atoms with Crippen LogP contribution < -0.4 is 11.1 Å². The van der Waals surface area contributed by atoms with Crippen molar-refractivity contribution in [3.05, 3.63) is 41.9 Å². The second-order valence-electron chi connectivity index (χ2n) is 3.97. The van der Waals surface area contributed by atoms with Gasteiger partial charge in [-0.15, -0.1) is 0 Å². The van der Waals surface area contributed by atoms with Crippen molar-refractivity contribution in [1.82, 2.24) is 20.1 Å². The summed E-state index contributed by atoms with van der Waals surface area (Å²) >= 11 is 0. The van der Waals surface area contributed by atoms with Crippen molar-refractivity contribution in [2.24, 2.45) is 0 Å². The van der Waals surface area contributed by atoms with Crippen molar-refractivity contribution >= 4 is 11.7 Å². The Labute approximate surface area is 105 Å². The minimum atomic E-state index is -0.218. The molecule has 94 valence electrons. The van der Waals surface area contributed by atoms with E-state index in [9.17, 15) is 4.79 Å². The highest BCUT2D eigenvalue weighted by molar-refractivity contribution is 5.98. The highest BCUT2D eigenvalue weighted by Crippen LogP contribution is 2.05. The predicted octanol–water partition coefficient (Wildman–Crippen LogP) is 0.599. The zero-order chi connectivity index (χ0) is 13.0. The number of nitrogens with two attached hydrogens (primary N) is 1. The van der Waals surface area contributed by atoms with E-state index in [1.54, 1.807) is 29.2 Å². The molecule has 2 rings (SSSR count). The van der Waals surface area contributed by atoms with E-state index in [-0.39, 0.29) is 11.7 Å². The molecule has 0 saturated heterocycles. The Balaban J connectivity index is 1.87. The number of hydrogen-bond acceptors (Lipinski definition) is 4. The van der Waals surface area contributed by atoms with Crippen LogP contribution in [0.4, 0.5) is 5.82 Å². The van der Waals surface area contributed by atoms with E-state index in [0.717, 1.165) is 5.56 Å². The molecule has 6 heteroatoms. The zero-order valence-corrected chi connectivity index (χ0v) is 10.1. The fraction of sp³-hybridized carbons (Fsp3) is 0.250. The van der Waals surface area contributed by atoms with Crippen LogP contribution in [0.15, 0.2) is 30.7 Å². The van der Waals surface area contributed by atoms with Crippen molar-refractivity contribution < 1.29 is 4.79 Å². The third-order valence-corrected chi connectivity index (χ3v) is 2.47. The average molecular weight is 245 g/mol. The fourth-order valence-electron chi connectivity index (χ4n) is 1.58. The number of carbonyl (C=O) groups excluding carboxylic acids is 1. The third-order valence-electron chi connectivity index (χ3n) is 2.47. The number of amides is 1. The summed E-state index contributed by atoms with van der Waals surface area (Å²) in [6.45, 7) is 3.09. The highest BCUT2D eigenvalue weighted by atomic mass is 16.1. The summed E-state index contributed by atoms with van der Waals surface area (Å²) < 4.78 is 1.78. The van der Waals surface area contributed by atoms with Gasteiger partial charge in [0.2, 0.25) is 0 Å². The minimum absolute atomic E-state index is 0.218. The Morgan fingerprint density at radius 1 is 1.56 bits per heavy atom. The lowest BCUT2D eigenvalue weighted by Gasteiger charge is -2.06. The molecule has 1 amide bonds. The van der Waals surface area contributed by atoms with Crippen molar-refractivity contribution in [2.75, 3.05) is 12.3 Å². The van der Waals surface area contributed by atoms with Crippen molar-refractivity contribution in [1.29, 1.82) is 0 Å². The average Bonchev–Trinajstić information content (AvgIpc) is 2.75. The largest absolute Gasteiger partial charge is 0.383 e. The lowest BCUT2D eigenvalue weighted by Crippen LogP contribution is -2.28. The summed E-state index contributed by atoms with van der Waals surface area (Å²) in [5.41, 5.74) is 7.11. The van der Waals surface area contributed by atoms with Crippen LogP contribution in [0.1, 0.15) is 15.9 Å². The lowest BCUT2D eigenvalue weighted by atomic mass is 10.2. The molecule has 2 aromatic rings. The van der Waals surface area contributed by atoms with Gasteiger partial charge in [-0.2, -0.15) is 5.10 Å². The van der Waals surface area contributed by atoms with Crippen LogP contribution in [-0.4, -0.2) is 27.2 Å². The molecule has 0 aliphatic heterocycles. The van der Waals surface area contributed by atoms with Gasteiger partial charge in [-0.3, -0.25) is 9.48 Å². The molecule has 6 nitrogen and oxygen atoms in total. The maximum Gasteiger partial charge on any atom is 0.255 e. The van der Waals surface area contributed by atoms with Gasteiger partial charge in [0.25, 0.3) is 5.91 Å². The van der Waals surface area contributed by atoms with Gasteiger partial charge >= 0.3 is 0 Å². The Morgan fingerprint density at radius 2 is 2.39 bits per heavy atom. The Morgan fingerprint density at radius 3 is 3.06 bits per heavy atom. The third kappa shape index (κ3) is 2.85. The number of aryl methyl sites for hydroxylation is 1. The van der Waals surface area contributed by atoms with E-state index in [1.807, 2.05) is 13.1 Å². The van der Waals surface area contributed by atoms with Gasteiger partial charge in [0.15, 0.2) is 0 Å². The van der Waals surface area contributed by atoms with Crippen molar-refractivity contribution in [3.8, 4) is 0 Å². The number of aromatic nitrogens is 3. The molecule has 0 fully saturated rings. The van der Waals surface area contributed by atoms with Crippen LogP contribution in [0.2, 0.25) is 0 Å². The maximum atomic E-state index is 11.8. The topological polar surface area (TPSA) is 85.8 Å².